The summed E-state index contributed by atoms with van der Waals surface area (Å²) >= 11 is 0. The number of ether oxygens (including phenoxy) is 1. The zero-order valence-electron chi connectivity index (χ0n) is 25.0. The van der Waals surface area contributed by atoms with E-state index in [0.29, 0.717) is 40.8 Å². The van der Waals surface area contributed by atoms with E-state index in [0.717, 1.165) is 22.3 Å². The van der Waals surface area contributed by atoms with Crippen molar-refractivity contribution >= 4 is 21.4 Å². The minimum absolute atomic E-state index is 0.0325. The van der Waals surface area contributed by atoms with E-state index in [1.165, 1.54) is 4.31 Å². The van der Waals surface area contributed by atoms with Gasteiger partial charge in [-0.2, -0.15) is 0 Å². The number of hydrogen-bond acceptors (Lipinski definition) is 6. The molecule has 0 bridgehead atoms. The molecule has 1 aromatic heterocycles. The molecule has 8 nitrogen and oxygen atoms in total. The van der Waals surface area contributed by atoms with E-state index in [-0.39, 0.29) is 11.4 Å². The van der Waals surface area contributed by atoms with E-state index in [2.05, 4.69) is 16.3 Å². The van der Waals surface area contributed by atoms with Crippen molar-refractivity contribution in [2.75, 3.05) is 10.0 Å². The van der Waals surface area contributed by atoms with Gasteiger partial charge in [0.05, 0.1) is 23.7 Å². The zero-order chi connectivity index (χ0) is 31.4. The molecule has 0 saturated carbocycles. The summed E-state index contributed by atoms with van der Waals surface area (Å²) in [4.78, 5) is 0.216. The first-order valence-electron chi connectivity index (χ1n) is 14.5. The molecule has 0 aliphatic rings. The van der Waals surface area contributed by atoms with Crippen LogP contribution in [0.15, 0.2) is 133 Å². The first-order chi connectivity index (χ1) is 21.8. The summed E-state index contributed by atoms with van der Waals surface area (Å²) in [6.07, 6.45) is 1.61. The van der Waals surface area contributed by atoms with Crippen LogP contribution in [0.1, 0.15) is 22.5 Å². The number of para-hydroxylation sites is 1. The second kappa shape index (κ2) is 12.7. The van der Waals surface area contributed by atoms with E-state index < -0.39 is 10.0 Å². The Bertz CT molecular complexity index is 2020. The number of nitrogen functional groups attached to an aromatic ring is 1. The predicted molar refractivity (Wildman–Crippen MR) is 178 cm³/mol. The molecule has 5 aromatic carbocycles. The highest BCUT2D eigenvalue weighted by Gasteiger charge is 2.29. The lowest BCUT2D eigenvalue weighted by molar-refractivity contribution is 0.482. The Balaban J connectivity index is 1.36. The highest BCUT2D eigenvalue weighted by atomic mass is 32.2. The third kappa shape index (κ3) is 6.73. The Hall–Kier alpha value is -5.41. The Morgan fingerprint density at radius 3 is 2.20 bits per heavy atom. The third-order valence-corrected chi connectivity index (χ3v) is 9.45. The van der Waals surface area contributed by atoms with E-state index in [9.17, 15) is 8.42 Å². The number of nitrogens with two attached hydrogens (primary N) is 1. The number of anilines is 2. The first-order valence-corrected chi connectivity index (χ1v) is 15.9. The second-order valence-corrected chi connectivity index (χ2v) is 12.7. The number of sulfonamides is 1. The fourth-order valence-corrected chi connectivity index (χ4v) is 6.79. The Labute approximate surface area is 263 Å². The lowest BCUT2D eigenvalue weighted by Crippen LogP contribution is -2.32. The summed E-state index contributed by atoms with van der Waals surface area (Å²) in [5, 5.41) is 8.43. The zero-order valence-corrected chi connectivity index (χ0v) is 25.9. The van der Waals surface area contributed by atoms with Crippen LogP contribution in [0.3, 0.4) is 0 Å². The van der Waals surface area contributed by atoms with Gasteiger partial charge in [0.15, 0.2) is 5.82 Å². The second-order valence-electron chi connectivity index (χ2n) is 10.9. The molecule has 0 fully saturated rings. The molecule has 226 valence electrons. The van der Waals surface area contributed by atoms with Crippen LogP contribution in [0.5, 0.6) is 11.5 Å². The molecule has 2 N–H and O–H groups in total. The van der Waals surface area contributed by atoms with Gasteiger partial charge in [0, 0.05) is 5.69 Å². The number of hydrogen-bond donors (Lipinski definition) is 1. The molecule has 0 atom stereocenters. The highest BCUT2D eigenvalue weighted by molar-refractivity contribution is 7.92. The number of nitrogens with zero attached hydrogens (tertiary/aromatic N) is 4. The minimum Gasteiger partial charge on any atom is -0.457 e. The van der Waals surface area contributed by atoms with Gasteiger partial charge in [0.2, 0.25) is 0 Å². The molecule has 6 rings (SSSR count). The normalized spacial score (nSPS) is 11.3. The highest BCUT2D eigenvalue weighted by Crippen LogP contribution is 2.32. The van der Waals surface area contributed by atoms with Crippen LogP contribution in [0, 0.1) is 13.8 Å². The van der Waals surface area contributed by atoms with E-state index in [1.54, 1.807) is 36.7 Å². The summed E-state index contributed by atoms with van der Waals surface area (Å²) in [6, 6.07) is 37.6. The number of aryl methyl sites for hydroxylation is 2. The standard InChI is InChI=1S/C36H33N5O3S/c1-26-7-6-8-29(21-26)30-13-20-35(27(2)22-30)45(42,43)41(32-16-18-34(19-17-32)44-33-9-4-3-5-10-33)24-36-39-38-25-40(36)23-28-11-14-31(37)15-12-28/h3-22,25H,23-24,37H2,1-2H3. The Morgan fingerprint density at radius 2 is 1.49 bits per heavy atom. The van der Waals surface area contributed by atoms with Crippen molar-refractivity contribution in [1.82, 2.24) is 14.8 Å². The SMILES string of the molecule is Cc1cccc(-c2ccc(S(=O)(=O)N(Cc3nncn3Cc3ccc(N)cc3)c3ccc(Oc4ccccc4)cc3)c(C)c2)c1. The van der Waals surface area contributed by atoms with E-state index in [1.807, 2.05) is 103 Å². The maximum atomic E-state index is 14.5. The van der Waals surface area contributed by atoms with E-state index in [4.69, 9.17) is 10.5 Å². The molecule has 0 unspecified atom stereocenters. The van der Waals surface area contributed by atoms with Crippen LogP contribution in [-0.4, -0.2) is 23.2 Å². The quantitative estimate of drug-likeness (QED) is 0.161. The average molecular weight is 616 g/mol. The topological polar surface area (TPSA) is 103 Å². The van der Waals surface area contributed by atoms with Crippen molar-refractivity contribution in [1.29, 1.82) is 0 Å². The molecule has 0 aliphatic heterocycles. The fraction of sp³-hybridized carbons (Fsp3) is 0.111. The largest absolute Gasteiger partial charge is 0.457 e. The first kappa shape index (κ1) is 29.7. The van der Waals surface area contributed by atoms with Gasteiger partial charge in [-0.15, -0.1) is 10.2 Å². The smallest absolute Gasteiger partial charge is 0.264 e. The molecule has 0 radical (unpaired) electrons. The van der Waals surface area contributed by atoms with Crippen LogP contribution in [0.25, 0.3) is 11.1 Å². The van der Waals surface area contributed by atoms with Crippen LogP contribution in [0.4, 0.5) is 11.4 Å². The summed E-state index contributed by atoms with van der Waals surface area (Å²) in [5.74, 6) is 1.77. The lowest BCUT2D eigenvalue weighted by atomic mass is 10.0. The molecular formula is C36H33N5O3S. The van der Waals surface area contributed by atoms with Gasteiger partial charge in [-0.05, 0) is 90.7 Å². The molecule has 9 heteroatoms. The molecular weight excluding hydrogens is 582 g/mol. The number of rotatable bonds is 10. The predicted octanol–water partition coefficient (Wildman–Crippen LogP) is 7.38. The minimum atomic E-state index is -4.04. The lowest BCUT2D eigenvalue weighted by Gasteiger charge is -2.25. The van der Waals surface area contributed by atoms with Crippen molar-refractivity contribution in [3.05, 3.63) is 150 Å². The average Bonchev–Trinajstić information content (AvgIpc) is 3.48. The molecule has 0 spiro atoms. The van der Waals surface area contributed by atoms with Gasteiger partial charge < -0.3 is 15.0 Å². The summed E-state index contributed by atoms with van der Waals surface area (Å²) in [6.45, 7) is 4.29. The van der Waals surface area contributed by atoms with Gasteiger partial charge in [-0.25, -0.2) is 8.42 Å². The van der Waals surface area contributed by atoms with Crippen LogP contribution in [0.2, 0.25) is 0 Å². The Morgan fingerprint density at radius 1 is 0.778 bits per heavy atom. The maximum Gasteiger partial charge on any atom is 0.264 e. The van der Waals surface area contributed by atoms with Crippen molar-refractivity contribution < 1.29 is 13.2 Å². The molecule has 6 aromatic rings. The van der Waals surface area contributed by atoms with Crippen LogP contribution in [-0.2, 0) is 23.1 Å². The molecule has 0 saturated heterocycles. The van der Waals surface area contributed by atoms with Gasteiger partial charge in [-0.3, -0.25) is 4.31 Å². The van der Waals surface area contributed by atoms with Crippen molar-refractivity contribution in [2.45, 2.75) is 31.8 Å². The van der Waals surface area contributed by atoms with E-state index >= 15 is 0 Å². The fourth-order valence-electron chi connectivity index (χ4n) is 5.16. The Kier molecular flexibility index (Phi) is 8.35. The van der Waals surface area contributed by atoms with Gasteiger partial charge in [-0.1, -0.05) is 72.3 Å². The number of aromatic nitrogens is 3. The monoisotopic (exact) mass is 615 g/mol. The van der Waals surface area contributed by atoms with Gasteiger partial charge in [0.25, 0.3) is 10.0 Å². The van der Waals surface area contributed by atoms with Gasteiger partial charge >= 0.3 is 0 Å². The third-order valence-electron chi connectivity index (χ3n) is 7.51. The summed E-state index contributed by atoms with van der Waals surface area (Å²) in [7, 11) is -4.04. The van der Waals surface area contributed by atoms with Crippen molar-refractivity contribution in [3.63, 3.8) is 0 Å². The molecule has 0 aliphatic carbocycles. The van der Waals surface area contributed by atoms with Gasteiger partial charge in [0.1, 0.15) is 17.8 Å². The van der Waals surface area contributed by atoms with Crippen molar-refractivity contribution in [2.24, 2.45) is 0 Å². The molecule has 45 heavy (non-hydrogen) atoms. The summed E-state index contributed by atoms with van der Waals surface area (Å²) < 4.78 is 38.2. The van der Waals surface area contributed by atoms with Crippen LogP contribution < -0.4 is 14.8 Å². The van der Waals surface area contributed by atoms with Crippen molar-refractivity contribution in [3.8, 4) is 22.6 Å². The molecule has 1 heterocycles. The summed E-state index contributed by atoms with van der Waals surface area (Å²) in [5.41, 5.74) is 11.8. The van der Waals surface area contributed by atoms with Crippen LogP contribution >= 0.6 is 0 Å². The number of benzene rings is 5. The molecule has 0 amide bonds. The maximum absolute atomic E-state index is 14.5.